The molecule has 0 saturated heterocycles. The summed E-state index contributed by atoms with van der Waals surface area (Å²) in [5, 5.41) is 17.5. The third-order valence-corrected chi connectivity index (χ3v) is 1.61. The van der Waals surface area contributed by atoms with E-state index in [1.165, 1.54) is 12.2 Å². The molecule has 0 aliphatic carbocycles. The molecule has 1 aromatic rings. The summed E-state index contributed by atoms with van der Waals surface area (Å²) in [5.74, 6) is 0.0766. The predicted octanol–water partition coefficient (Wildman–Crippen LogP) is 4.02. The molecule has 2 heteroatoms. The van der Waals surface area contributed by atoms with Crippen LogP contribution in [0.1, 0.15) is 5.56 Å². The molecule has 1 aromatic carbocycles. The summed E-state index contributed by atoms with van der Waals surface area (Å²) >= 11 is 0. The standard InChI is InChI=1S/C11H9NO.C4H6/c12-8-4-7-11(13)9-10-5-2-1-3-6-10;1-3-4-2/h1-7,9,13H;3-4H,1-2H2. The van der Waals surface area contributed by atoms with Gasteiger partial charge in [-0.3, -0.25) is 0 Å². The normalized spacial score (nSPS) is 9.94. The minimum Gasteiger partial charge on any atom is -0.508 e. The number of aliphatic hydroxyl groups is 1. The molecule has 86 valence electrons. The molecular weight excluding hydrogens is 210 g/mol. The highest BCUT2D eigenvalue weighted by Crippen LogP contribution is 2.04. The van der Waals surface area contributed by atoms with Gasteiger partial charge in [0.25, 0.3) is 0 Å². The van der Waals surface area contributed by atoms with Gasteiger partial charge in [0.2, 0.25) is 0 Å². The molecule has 0 spiro atoms. The van der Waals surface area contributed by atoms with Crippen LogP contribution in [0.15, 0.2) is 73.6 Å². The van der Waals surface area contributed by atoms with Crippen molar-refractivity contribution in [3.8, 4) is 6.07 Å². The molecular formula is C15H15NO. The zero-order valence-corrected chi connectivity index (χ0v) is 9.58. The minimum absolute atomic E-state index is 0.0766. The molecule has 1 N–H and O–H groups in total. The first kappa shape index (κ1) is 14.5. The van der Waals surface area contributed by atoms with Crippen LogP contribution in [-0.4, -0.2) is 5.11 Å². The molecule has 0 amide bonds. The molecule has 2 nitrogen and oxygen atoms in total. The number of nitriles is 1. The van der Waals surface area contributed by atoms with Gasteiger partial charge in [-0.2, -0.15) is 5.26 Å². The fraction of sp³-hybridized carbons (Fsp3) is 0. The molecule has 0 heterocycles. The highest BCUT2D eigenvalue weighted by atomic mass is 16.3. The Hall–Kier alpha value is -2.53. The molecule has 0 atom stereocenters. The van der Waals surface area contributed by atoms with Crippen LogP contribution in [0.5, 0.6) is 0 Å². The first-order valence-corrected chi connectivity index (χ1v) is 5.00. The quantitative estimate of drug-likeness (QED) is 0.479. The lowest BCUT2D eigenvalue weighted by molar-refractivity contribution is 0.438. The summed E-state index contributed by atoms with van der Waals surface area (Å²) in [4.78, 5) is 0. The van der Waals surface area contributed by atoms with E-state index in [0.29, 0.717) is 0 Å². The highest BCUT2D eigenvalue weighted by Gasteiger charge is 1.87. The molecule has 17 heavy (non-hydrogen) atoms. The van der Waals surface area contributed by atoms with Crippen molar-refractivity contribution in [2.45, 2.75) is 0 Å². The lowest BCUT2D eigenvalue weighted by atomic mass is 10.2. The van der Waals surface area contributed by atoms with E-state index in [-0.39, 0.29) is 5.76 Å². The molecule has 0 fully saturated rings. The number of nitrogens with zero attached hydrogens (tertiary/aromatic N) is 1. The van der Waals surface area contributed by atoms with Gasteiger partial charge < -0.3 is 5.11 Å². The van der Waals surface area contributed by atoms with Crippen molar-refractivity contribution in [3.63, 3.8) is 0 Å². The average Bonchev–Trinajstić information content (AvgIpc) is 2.38. The first-order valence-electron chi connectivity index (χ1n) is 5.00. The second kappa shape index (κ2) is 10.0. The number of hydrogen-bond acceptors (Lipinski definition) is 2. The van der Waals surface area contributed by atoms with E-state index in [2.05, 4.69) is 13.2 Å². The van der Waals surface area contributed by atoms with Crippen LogP contribution in [-0.2, 0) is 0 Å². The second-order valence-electron chi connectivity index (χ2n) is 2.91. The summed E-state index contributed by atoms with van der Waals surface area (Å²) < 4.78 is 0. The smallest absolute Gasteiger partial charge is 0.116 e. The van der Waals surface area contributed by atoms with Gasteiger partial charge in [-0.05, 0) is 17.7 Å². The molecule has 0 bridgehead atoms. The zero-order valence-electron chi connectivity index (χ0n) is 9.58. The molecule has 0 aromatic heterocycles. The highest BCUT2D eigenvalue weighted by molar-refractivity contribution is 5.53. The van der Waals surface area contributed by atoms with Crippen molar-refractivity contribution in [3.05, 3.63) is 79.1 Å². The predicted molar refractivity (Wildman–Crippen MR) is 72.2 cm³/mol. The molecule has 0 aliphatic rings. The Morgan fingerprint density at radius 1 is 1.18 bits per heavy atom. The van der Waals surface area contributed by atoms with Crippen molar-refractivity contribution in [1.29, 1.82) is 5.26 Å². The van der Waals surface area contributed by atoms with Crippen LogP contribution < -0.4 is 0 Å². The Morgan fingerprint density at radius 3 is 2.24 bits per heavy atom. The average molecular weight is 225 g/mol. The van der Waals surface area contributed by atoms with Crippen molar-refractivity contribution in [2.24, 2.45) is 0 Å². The number of allylic oxidation sites excluding steroid dienone is 4. The fourth-order valence-corrected chi connectivity index (χ4v) is 0.891. The number of aliphatic hydroxyl groups excluding tert-OH is 1. The van der Waals surface area contributed by atoms with Crippen LogP contribution in [0.2, 0.25) is 0 Å². The third-order valence-electron chi connectivity index (χ3n) is 1.61. The van der Waals surface area contributed by atoms with Crippen molar-refractivity contribution < 1.29 is 5.11 Å². The van der Waals surface area contributed by atoms with Crippen LogP contribution in [0, 0.1) is 11.3 Å². The summed E-state index contributed by atoms with van der Waals surface area (Å²) in [6.07, 6.45) is 7.45. The van der Waals surface area contributed by atoms with Gasteiger partial charge in [0, 0.05) is 6.08 Å². The number of hydrogen-bond donors (Lipinski definition) is 1. The third kappa shape index (κ3) is 8.46. The Bertz CT molecular complexity index is 430. The van der Waals surface area contributed by atoms with Crippen molar-refractivity contribution in [1.82, 2.24) is 0 Å². The topological polar surface area (TPSA) is 44.0 Å². The number of rotatable bonds is 3. The van der Waals surface area contributed by atoms with Crippen LogP contribution in [0.25, 0.3) is 6.08 Å². The van der Waals surface area contributed by atoms with Gasteiger partial charge in [0.05, 0.1) is 6.07 Å². The van der Waals surface area contributed by atoms with Gasteiger partial charge in [-0.15, -0.1) is 0 Å². The van der Waals surface area contributed by atoms with Crippen LogP contribution in [0.4, 0.5) is 0 Å². The number of benzene rings is 1. The zero-order chi connectivity index (χ0) is 12.9. The summed E-state index contributed by atoms with van der Waals surface area (Å²) in [6.45, 7) is 6.72. The fourth-order valence-electron chi connectivity index (χ4n) is 0.891. The van der Waals surface area contributed by atoms with Gasteiger partial charge >= 0.3 is 0 Å². The van der Waals surface area contributed by atoms with E-state index in [1.807, 2.05) is 30.3 Å². The Kier molecular flexibility index (Phi) is 8.51. The van der Waals surface area contributed by atoms with Gasteiger partial charge in [-0.1, -0.05) is 55.6 Å². The summed E-state index contributed by atoms with van der Waals surface area (Å²) in [5.41, 5.74) is 0.905. The van der Waals surface area contributed by atoms with E-state index >= 15 is 0 Å². The van der Waals surface area contributed by atoms with E-state index < -0.39 is 0 Å². The van der Waals surface area contributed by atoms with Crippen LogP contribution in [0.3, 0.4) is 0 Å². The van der Waals surface area contributed by atoms with Crippen molar-refractivity contribution >= 4 is 6.08 Å². The molecule has 0 unspecified atom stereocenters. The molecule has 0 saturated carbocycles. The van der Waals surface area contributed by atoms with Crippen molar-refractivity contribution in [2.75, 3.05) is 0 Å². The van der Waals surface area contributed by atoms with Gasteiger partial charge in [0.15, 0.2) is 0 Å². The SMILES string of the molecule is C=CC=C.N#CC=CC(O)=Cc1ccccc1. The monoisotopic (exact) mass is 225 g/mol. The van der Waals surface area contributed by atoms with Gasteiger partial charge in [-0.25, -0.2) is 0 Å². The Balaban J connectivity index is 0.000000557. The lowest BCUT2D eigenvalue weighted by Crippen LogP contribution is -1.75. The molecule has 0 radical (unpaired) electrons. The maximum atomic E-state index is 9.26. The van der Waals surface area contributed by atoms with E-state index in [0.717, 1.165) is 5.56 Å². The minimum atomic E-state index is 0.0766. The molecule has 0 aliphatic heterocycles. The summed E-state index contributed by atoms with van der Waals surface area (Å²) in [7, 11) is 0. The van der Waals surface area contributed by atoms with E-state index in [9.17, 15) is 5.11 Å². The van der Waals surface area contributed by atoms with Gasteiger partial charge in [0.1, 0.15) is 5.76 Å². The largest absolute Gasteiger partial charge is 0.508 e. The van der Waals surface area contributed by atoms with Crippen LogP contribution >= 0.6 is 0 Å². The van der Waals surface area contributed by atoms with E-state index in [1.54, 1.807) is 24.3 Å². The first-order chi connectivity index (χ1) is 8.24. The Labute approximate surface area is 102 Å². The Morgan fingerprint density at radius 2 is 1.76 bits per heavy atom. The summed E-state index contributed by atoms with van der Waals surface area (Å²) in [6, 6.07) is 11.2. The maximum absolute atomic E-state index is 9.26. The second-order valence-corrected chi connectivity index (χ2v) is 2.91. The maximum Gasteiger partial charge on any atom is 0.116 e. The van der Waals surface area contributed by atoms with E-state index in [4.69, 9.17) is 5.26 Å². The lowest BCUT2D eigenvalue weighted by Gasteiger charge is -1.92. The molecule has 1 rings (SSSR count).